The second kappa shape index (κ2) is 9.04. The van der Waals surface area contributed by atoms with Gasteiger partial charge in [0, 0.05) is 0 Å². The Kier molecular flexibility index (Phi) is 7.05. The molecule has 0 bridgehead atoms. The zero-order valence-corrected chi connectivity index (χ0v) is 16.3. The van der Waals surface area contributed by atoms with Crippen LogP contribution in [0.5, 0.6) is 0 Å². The molecule has 0 aromatic carbocycles. The molecule has 0 aromatic rings. The van der Waals surface area contributed by atoms with Gasteiger partial charge in [-0.1, -0.05) is 58.8 Å². The fraction of sp³-hybridized carbons (Fsp3) is 1.00. The number of hydrogen-bond donors (Lipinski definition) is 0. The molecule has 3 atom stereocenters. The van der Waals surface area contributed by atoms with Gasteiger partial charge in [-0.25, -0.2) is 4.39 Å². The van der Waals surface area contributed by atoms with E-state index in [1.807, 2.05) is 0 Å². The summed E-state index contributed by atoms with van der Waals surface area (Å²) in [4.78, 5) is 0. The van der Waals surface area contributed by atoms with Crippen LogP contribution in [-0.2, 0) is 0 Å². The van der Waals surface area contributed by atoms with Gasteiger partial charge in [0.1, 0.15) is 6.17 Å². The minimum atomic E-state index is -0.486. The van der Waals surface area contributed by atoms with E-state index in [9.17, 15) is 0 Å². The topological polar surface area (TPSA) is 0 Å². The molecule has 0 radical (unpaired) electrons. The minimum Gasteiger partial charge on any atom is -0.247 e. The van der Waals surface area contributed by atoms with Crippen LogP contribution in [0, 0.1) is 35.5 Å². The fourth-order valence-electron chi connectivity index (χ4n) is 6.28. The molecule has 3 aliphatic rings. The first kappa shape index (κ1) is 18.7. The third-order valence-electron chi connectivity index (χ3n) is 8.05. The van der Waals surface area contributed by atoms with Crippen LogP contribution in [0.4, 0.5) is 4.39 Å². The van der Waals surface area contributed by atoms with E-state index in [0.29, 0.717) is 17.8 Å². The highest BCUT2D eigenvalue weighted by molar-refractivity contribution is 4.89. The summed E-state index contributed by atoms with van der Waals surface area (Å²) in [6.45, 7) is 4.69. The van der Waals surface area contributed by atoms with Crippen LogP contribution in [0.3, 0.4) is 0 Å². The van der Waals surface area contributed by atoms with E-state index in [2.05, 4.69) is 13.8 Å². The maximum atomic E-state index is 15.0. The Morgan fingerprint density at radius 3 is 2.00 bits per heavy atom. The molecule has 0 aliphatic heterocycles. The molecule has 1 heteroatoms. The van der Waals surface area contributed by atoms with E-state index in [4.69, 9.17) is 0 Å². The van der Waals surface area contributed by atoms with Gasteiger partial charge in [-0.05, 0) is 80.5 Å². The molecule has 3 rings (SSSR count). The standard InChI is InChI=1S/C23H41F/c1-3-4-5-18-8-12-20(13-9-18)22-15-14-21(16-23(22)24)19-10-6-17(2)7-11-19/h17-23H,3-16H2,1-2H3. The molecule has 0 N–H and O–H groups in total. The van der Waals surface area contributed by atoms with Gasteiger partial charge in [-0.2, -0.15) is 0 Å². The first-order valence-corrected chi connectivity index (χ1v) is 11.3. The van der Waals surface area contributed by atoms with Gasteiger partial charge >= 0.3 is 0 Å². The van der Waals surface area contributed by atoms with E-state index in [-0.39, 0.29) is 0 Å². The second-order valence-electron chi connectivity index (χ2n) is 9.70. The summed E-state index contributed by atoms with van der Waals surface area (Å²) in [7, 11) is 0. The number of hydrogen-bond acceptors (Lipinski definition) is 0. The first-order valence-electron chi connectivity index (χ1n) is 11.3. The van der Waals surface area contributed by atoms with Gasteiger partial charge in [-0.3, -0.25) is 0 Å². The Balaban J connectivity index is 1.43. The Morgan fingerprint density at radius 2 is 1.38 bits per heavy atom. The maximum Gasteiger partial charge on any atom is 0.103 e. The van der Waals surface area contributed by atoms with Gasteiger partial charge in [-0.15, -0.1) is 0 Å². The highest BCUT2D eigenvalue weighted by Crippen LogP contribution is 2.47. The third-order valence-corrected chi connectivity index (χ3v) is 8.05. The van der Waals surface area contributed by atoms with E-state index in [0.717, 1.165) is 24.2 Å². The SMILES string of the molecule is CCCCC1CCC(C2CCC(C3CCC(C)CC3)CC2F)CC1. The molecule has 140 valence electrons. The van der Waals surface area contributed by atoms with Crippen molar-refractivity contribution in [2.24, 2.45) is 35.5 Å². The number of alkyl halides is 1. The van der Waals surface area contributed by atoms with Crippen molar-refractivity contribution in [1.82, 2.24) is 0 Å². The van der Waals surface area contributed by atoms with Crippen LogP contribution in [0.15, 0.2) is 0 Å². The molecule has 3 unspecified atom stereocenters. The van der Waals surface area contributed by atoms with Crippen LogP contribution in [-0.4, -0.2) is 6.17 Å². The average molecular weight is 337 g/mol. The Hall–Kier alpha value is -0.0700. The zero-order valence-electron chi connectivity index (χ0n) is 16.3. The van der Waals surface area contributed by atoms with Crippen molar-refractivity contribution >= 4 is 0 Å². The first-order chi connectivity index (χ1) is 11.7. The lowest BCUT2D eigenvalue weighted by Gasteiger charge is -2.43. The second-order valence-corrected chi connectivity index (χ2v) is 9.70. The molecule has 0 heterocycles. The Morgan fingerprint density at radius 1 is 0.750 bits per heavy atom. The van der Waals surface area contributed by atoms with Gasteiger partial charge in [0.15, 0.2) is 0 Å². The molecular weight excluding hydrogens is 295 g/mol. The predicted octanol–water partition coefficient (Wildman–Crippen LogP) is 7.56. The van der Waals surface area contributed by atoms with Crippen LogP contribution in [0.2, 0.25) is 0 Å². The summed E-state index contributed by atoms with van der Waals surface area (Å²) in [6, 6.07) is 0. The van der Waals surface area contributed by atoms with Crippen molar-refractivity contribution in [3.8, 4) is 0 Å². The van der Waals surface area contributed by atoms with Crippen LogP contribution in [0.1, 0.15) is 104 Å². The van der Waals surface area contributed by atoms with Gasteiger partial charge in [0.25, 0.3) is 0 Å². The van der Waals surface area contributed by atoms with E-state index < -0.39 is 6.17 Å². The summed E-state index contributed by atoms with van der Waals surface area (Å²) in [5.74, 6) is 4.57. The van der Waals surface area contributed by atoms with Crippen molar-refractivity contribution in [3.05, 3.63) is 0 Å². The third kappa shape index (κ3) is 4.76. The highest BCUT2D eigenvalue weighted by atomic mass is 19.1. The number of rotatable bonds is 5. The summed E-state index contributed by atoms with van der Waals surface area (Å²) < 4.78 is 15.0. The summed E-state index contributed by atoms with van der Waals surface area (Å²) in [5.41, 5.74) is 0. The van der Waals surface area contributed by atoms with Crippen LogP contribution < -0.4 is 0 Å². The molecular formula is C23H41F. The quantitative estimate of drug-likeness (QED) is 0.486. The van der Waals surface area contributed by atoms with Crippen molar-refractivity contribution in [3.63, 3.8) is 0 Å². The molecule has 0 amide bonds. The van der Waals surface area contributed by atoms with Crippen molar-refractivity contribution in [1.29, 1.82) is 0 Å². The number of halogens is 1. The normalized spacial score (nSPS) is 44.4. The lowest BCUT2D eigenvalue weighted by Crippen LogP contribution is -2.36. The van der Waals surface area contributed by atoms with Gasteiger partial charge in [0.05, 0.1) is 0 Å². The molecule has 0 nitrogen and oxygen atoms in total. The lowest BCUT2D eigenvalue weighted by molar-refractivity contribution is 0.0334. The van der Waals surface area contributed by atoms with Crippen molar-refractivity contribution < 1.29 is 4.39 Å². The van der Waals surface area contributed by atoms with E-state index in [1.54, 1.807) is 0 Å². The monoisotopic (exact) mass is 336 g/mol. The Bertz CT molecular complexity index is 349. The lowest BCUT2D eigenvalue weighted by atomic mass is 9.64. The molecule has 3 aliphatic carbocycles. The summed E-state index contributed by atoms with van der Waals surface area (Å²) in [5, 5.41) is 0. The number of unbranched alkanes of at least 4 members (excludes halogenated alkanes) is 1. The zero-order chi connectivity index (χ0) is 16.9. The molecule has 24 heavy (non-hydrogen) atoms. The molecule has 0 saturated heterocycles. The van der Waals surface area contributed by atoms with Crippen LogP contribution >= 0.6 is 0 Å². The smallest absolute Gasteiger partial charge is 0.103 e. The van der Waals surface area contributed by atoms with Gasteiger partial charge in [0.2, 0.25) is 0 Å². The summed E-state index contributed by atoms with van der Waals surface area (Å²) >= 11 is 0. The molecule has 0 aromatic heterocycles. The molecule has 3 fully saturated rings. The Labute approximate surface area is 150 Å². The van der Waals surface area contributed by atoms with E-state index >= 15 is 4.39 Å². The molecule has 0 spiro atoms. The van der Waals surface area contributed by atoms with E-state index in [1.165, 1.54) is 83.5 Å². The van der Waals surface area contributed by atoms with Crippen LogP contribution in [0.25, 0.3) is 0 Å². The fourth-order valence-corrected chi connectivity index (χ4v) is 6.28. The summed E-state index contributed by atoms with van der Waals surface area (Å²) in [6.07, 6.45) is 18.1. The largest absolute Gasteiger partial charge is 0.247 e. The average Bonchev–Trinajstić information content (AvgIpc) is 2.61. The minimum absolute atomic E-state index is 0.413. The van der Waals surface area contributed by atoms with Gasteiger partial charge < -0.3 is 0 Å². The van der Waals surface area contributed by atoms with Crippen molar-refractivity contribution in [2.75, 3.05) is 0 Å². The maximum absolute atomic E-state index is 15.0. The molecule has 3 saturated carbocycles. The predicted molar refractivity (Wildman–Crippen MR) is 102 cm³/mol. The highest BCUT2D eigenvalue weighted by Gasteiger charge is 2.39. The van der Waals surface area contributed by atoms with Crippen molar-refractivity contribution in [2.45, 2.75) is 110 Å².